The van der Waals surface area contributed by atoms with Gasteiger partial charge in [0.25, 0.3) is 0 Å². The summed E-state index contributed by atoms with van der Waals surface area (Å²) in [5.41, 5.74) is 0. The maximum absolute atomic E-state index is 11.4. The van der Waals surface area contributed by atoms with Crippen molar-refractivity contribution in [3.05, 3.63) is 0 Å². The lowest BCUT2D eigenvalue weighted by molar-refractivity contribution is -0.150. The summed E-state index contributed by atoms with van der Waals surface area (Å²) in [6, 6.07) is -0.316. The zero-order valence-electron chi connectivity index (χ0n) is 8.12. The summed E-state index contributed by atoms with van der Waals surface area (Å²) < 4.78 is 5.12. The van der Waals surface area contributed by atoms with Crippen molar-refractivity contribution in [2.45, 2.75) is 44.9 Å². The Labute approximate surface area is 78.3 Å². The lowest BCUT2D eigenvalue weighted by atomic mass is 10.2. The summed E-state index contributed by atoms with van der Waals surface area (Å²) in [7, 11) is 0. The van der Waals surface area contributed by atoms with Crippen LogP contribution in [0.5, 0.6) is 0 Å². The highest BCUT2D eigenvalue weighted by atomic mass is 16.5. The van der Waals surface area contributed by atoms with Gasteiger partial charge in [-0.3, -0.25) is 4.79 Å². The number of β-amino-alcohol motifs (C(OH)–C–C–N with tert-alkyl or cyclic N) is 1. The molecule has 3 unspecified atom stereocenters. The van der Waals surface area contributed by atoms with Gasteiger partial charge in [0.2, 0.25) is 0 Å². The number of esters is 1. The molecule has 0 aromatic carbocycles. The summed E-state index contributed by atoms with van der Waals surface area (Å²) >= 11 is 0. The Hall–Kier alpha value is -0.610. The molecule has 1 aliphatic heterocycles. The molecule has 0 spiro atoms. The van der Waals surface area contributed by atoms with Gasteiger partial charge in [0, 0.05) is 13.0 Å². The SMILES string of the molecule is CCC(C)OC(=O)C1CC(O)CN1. The van der Waals surface area contributed by atoms with Crippen LogP contribution in [-0.4, -0.2) is 35.9 Å². The van der Waals surface area contributed by atoms with Gasteiger partial charge in [-0.25, -0.2) is 0 Å². The van der Waals surface area contributed by atoms with E-state index < -0.39 is 6.10 Å². The lowest BCUT2D eigenvalue weighted by Crippen LogP contribution is -2.34. The molecule has 3 atom stereocenters. The molecule has 0 aromatic rings. The Morgan fingerprint density at radius 2 is 2.46 bits per heavy atom. The minimum absolute atomic E-state index is 0.0351. The summed E-state index contributed by atoms with van der Waals surface area (Å²) in [4.78, 5) is 11.4. The number of nitrogens with one attached hydrogen (secondary N) is 1. The average molecular weight is 187 g/mol. The van der Waals surface area contributed by atoms with E-state index in [1.54, 1.807) is 0 Å². The third kappa shape index (κ3) is 2.97. The second kappa shape index (κ2) is 4.58. The smallest absolute Gasteiger partial charge is 0.323 e. The van der Waals surface area contributed by atoms with Crippen LogP contribution in [0.25, 0.3) is 0 Å². The molecule has 0 aromatic heterocycles. The monoisotopic (exact) mass is 187 g/mol. The predicted molar refractivity (Wildman–Crippen MR) is 48.3 cm³/mol. The molecule has 76 valence electrons. The largest absolute Gasteiger partial charge is 0.462 e. The fourth-order valence-electron chi connectivity index (χ4n) is 1.26. The van der Waals surface area contributed by atoms with Crippen molar-refractivity contribution in [3.63, 3.8) is 0 Å². The van der Waals surface area contributed by atoms with E-state index in [9.17, 15) is 4.79 Å². The number of ether oxygens (including phenoxy) is 1. The maximum atomic E-state index is 11.4. The van der Waals surface area contributed by atoms with Crippen LogP contribution >= 0.6 is 0 Å². The fourth-order valence-corrected chi connectivity index (χ4v) is 1.26. The molecule has 0 amide bonds. The molecule has 1 heterocycles. The van der Waals surface area contributed by atoms with E-state index in [-0.39, 0.29) is 18.1 Å². The van der Waals surface area contributed by atoms with Crippen LogP contribution in [0, 0.1) is 0 Å². The van der Waals surface area contributed by atoms with Crippen molar-refractivity contribution in [1.82, 2.24) is 5.32 Å². The highest BCUT2D eigenvalue weighted by molar-refractivity contribution is 5.76. The van der Waals surface area contributed by atoms with Crippen LogP contribution in [-0.2, 0) is 9.53 Å². The Bertz CT molecular complexity index is 184. The molecule has 1 saturated heterocycles. The van der Waals surface area contributed by atoms with E-state index in [1.807, 2.05) is 13.8 Å². The molecule has 0 saturated carbocycles. The first-order valence-electron chi connectivity index (χ1n) is 4.75. The van der Waals surface area contributed by atoms with E-state index in [0.717, 1.165) is 6.42 Å². The van der Waals surface area contributed by atoms with Gasteiger partial charge in [-0.15, -0.1) is 0 Å². The van der Waals surface area contributed by atoms with E-state index >= 15 is 0 Å². The summed E-state index contributed by atoms with van der Waals surface area (Å²) in [6.45, 7) is 4.32. The van der Waals surface area contributed by atoms with Gasteiger partial charge in [0.05, 0.1) is 12.2 Å². The molecule has 0 radical (unpaired) electrons. The van der Waals surface area contributed by atoms with Crippen LogP contribution in [0.4, 0.5) is 0 Å². The van der Waals surface area contributed by atoms with Crippen molar-refractivity contribution < 1.29 is 14.6 Å². The quantitative estimate of drug-likeness (QED) is 0.613. The molecule has 1 aliphatic rings. The molecule has 4 heteroatoms. The third-order valence-corrected chi connectivity index (χ3v) is 2.28. The number of aliphatic hydroxyl groups excluding tert-OH is 1. The molecular formula is C9H17NO3. The topological polar surface area (TPSA) is 58.6 Å². The first kappa shape index (κ1) is 10.5. The van der Waals surface area contributed by atoms with Crippen LogP contribution in [0.1, 0.15) is 26.7 Å². The predicted octanol–water partition coefficient (Wildman–Crippen LogP) is 0.0509. The minimum atomic E-state index is -0.408. The number of rotatable bonds is 3. The molecule has 4 nitrogen and oxygen atoms in total. The minimum Gasteiger partial charge on any atom is -0.462 e. The number of hydrogen-bond donors (Lipinski definition) is 2. The van der Waals surface area contributed by atoms with E-state index in [4.69, 9.17) is 9.84 Å². The number of carbonyl (C=O) groups is 1. The van der Waals surface area contributed by atoms with Crippen molar-refractivity contribution >= 4 is 5.97 Å². The molecule has 0 aliphatic carbocycles. The average Bonchev–Trinajstić information content (AvgIpc) is 2.51. The highest BCUT2D eigenvalue weighted by Gasteiger charge is 2.29. The van der Waals surface area contributed by atoms with Crippen LogP contribution in [0.15, 0.2) is 0 Å². The van der Waals surface area contributed by atoms with Crippen molar-refractivity contribution in [1.29, 1.82) is 0 Å². The van der Waals surface area contributed by atoms with Crippen molar-refractivity contribution in [3.8, 4) is 0 Å². The lowest BCUT2D eigenvalue weighted by Gasteiger charge is -2.14. The Morgan fingerprint density at radius 3 is 2.92 bits per heavy atom. The standard InChI is InChI=1S/C9H17NO3/c1-3-6(2)13-9(12)8-4-7(11)5-10-8/h6-8,10-11H,3-5H2,1-2H3. The Morgan fingerprint density at radius 1 is 1.77 bits per heavy atom. The normalized spacial score (nSPS) is 30.1. The van der Waals surface area contributed by atoms with Gasteiger partial charge in [-0.1, -0.05) is 6.92 Å². The van der Waals surface area contributed by atoms with Crippen LogP contribution < -0.4 is 5.32 Å². The van der Waals surface area contributed by atoms with E-state index in [1.165, 1.54) is 0 Å². The van der Waals surface area contributed by atoms with Gasteiger partial charge in [0.15, 0.2) is 0 Å². The molecule has 1 fully saturated rings. The molecule has 13 heavy (non-hydrogen) atoms. The van der Waals surface area contributed by atoms with Gasteiger partial charge < -0.3 is 15.2 Å². The maximum Gasteiger partial charge on any atom is 0.323 e. The molecular weight excluding hydrogens is 170 g/mol. The van der Waals surface area contributed by atoms with Crippen molar-refractivity contribution in [2.75, 3.05) is 6.54 Å². The van der Waals surface area contributed by atoms with Gasteiger partial charge in [-0.05, 0) is 13.3 Å². The molecule has 2 N–H and O–H groups in total. The molecule has 0 bridgehead atoms. The highest BCUT2D eigenvalue weighted by Crippen LogP contribution is 2.09. The van der Waals surface area contributed by atoms with E-state index in [0.29, 0.717) is 13.0 Å². The number of aliphatic hydroxyl groups is 1. The van der Waals surface area contributed by atoms with Gasteiger partial charge in [-0.2, -0.15) is 0 Å². The summed E-state index contributed by atoms with van der Waals surface area (Å²) in [5.74, 6) is -0.245. The first-order valence-corrected chi connectivity index (χ1v) is 4.75. The third-order valence-electron chi connectivity index (χ3n) is 2.28. The summed E-state index contributed by atoms with van der Waals surface area (Å²) in [6.07, 6.45) is 0.845. The number of hydrogen-bond acceptors (Lipinski definition) is 4. The fraction of sp³-hybridized carbons (Fsp3) is 0.889. The second-order valence-electron chi connectivity index (χ2n) is 3.51. The second-order valence-corrected chi connectivity index (χ2v) is 3.51. The Kier molecular flexibility index (Phi) is 3.69. The van der Waals surface area contributed by atoms with Gasteiger partial charge >= 0.3 is 5.97 Å². The van der Waals surface area contributed by atoms with Crippen LogP contribution in [0.3, 0.4) is 0 Å². The first-order chi connectivity index (χ1) is 6.13. The molecule has 1 rings (SSSR count). The van der Waals surface area contributed by atoms with E-state index in [2.05, 4.69) is 5.32 Å². The Balaban J connectivity index is 2.31. The zero-order chi connectivity index (χ0) is 9.84. The zero-order valence-corrected chi connectivity index (χ0v) is 8.12. The van der Waals surface area contributed by atoms with Gasteiger partial charge in [0.1, 0.15) is 6.04 Å². The summed E-state index contributed by atoms with van der Waals surface area (Å²) in [5, 5.41) is 12.1. The van der Waals surface area contributed by atoms with Crippen LogP contribution in [0.2, 0.25) is 0 Å². The van der Waals surface area contributed by atoms with Crippen molar-refractivity contribution in [2.24, 2.45) is 0 Å². The number of carbonyl (C=O) groups excluding carboxylic acids is 1.